The smallest absolute Gasteiger partial charge is 0.363 e. The van der Waals surface area contributed by atoms with E-state index in [0.717, 1.165) is 13.2 Å². The van der Waals surface area contributed by atoms with Crippen LogP contribution in [0.1, 0.15) is 28.2 Å². The third-order valence-corrected chi connectivity index (χ3v) is 1.95. The summed E-state index contributed by atoms with van der Waals surface area (Å²) in [5.74, 6) is -1.12. The van der Waals surface area contributed by atoms with Gasteiger partial charge in [0.15, 0.2) is 0 Å². The van der Waals surface area contributed by atoms with E-state index in [2.05, 4.69) is 9.72 Å². The first-order valence-corrected chi connectivity index (χ1v) is 4.40. The van der Waals surface area contributed by atoms with Gasteiger partial charge in [0.05, 0.1) is 17.6 Å². The van der Waals surface area contributed by atoms with E-state index in [1.165, 1.54) is 6.92 Å². The third kappa shape index (κ3) is 2.52. The number of nitro groups is 1. The van der Waals surface area contributed by atoms with Crippen molar-refractivity contribution in [1.29, 1.82) is 0 Å². The molecule has 0 atom stereocenters. The second-order valence-electron chi connectivity index (χ2n) is 3.10. The highest BCUT2D eigenvalue weighted by Gasteiger charge is 2.31. The highest BCUT2D eigenvalue weighted by Crippen LogP contribution is 2.31. The molecule has 0 spiro atoms. The number of carbonyl (C=O) groups is 1. The normalized spacial score (nSPS) is 10.4. The molecule has 1 aromatic rings. The number of aromatic nitrogens is 1. The van der Waals surface area contributed by atoms with Crippen LogP contribution in [-0.4, -0.2) is 23.0 Å². The maximum absolute atomic E-state index is 12.6. The van der Waals surface area contributed by atoms with E-state index in [-0.39, 0.29) is 5.69 Å². The number of halogens is 2. The number of hydrogen-bond acceptors (Lipinski definition) is 5. The molecule has 8 heteroatoms. The number of ether oxygens (including phenoxy) is 1. The van der Waals surface area contributed by atoms with E-state index >= 15 is 0 Å². The van der Waals surface area contributed by atoms with Gasteiger partial charge in [-0.3, -0.25) is 10.1 Å². The molecule has 1 rings (SSSR count). The van der Waals surface area contributed by atoms with Crippen LogP contribution < -0.4 is 0 Å². The molecule has 0 saturated carbocycles. The van der Waals surface area contributed by atoms with Gasteiger partial charge in [-0.15, -0.1) is 0 Å². The van der Waals surface area contributed by atoms with Crippen LogP contribution >= 0.6 is 0 Å². The monoisotopic (exact) mass is 246 g/mol. The molecule has 17 heavy (non-hydrogen) atoms. The number of aryl methyl sites for hydroxylation is 1. The molecule has 0 aromatic carbocycles. The van der Waals surface area contributed by atoms with Crippen molar-refractivity contribution in [3.05, 3.63) is 33.1 Å². The lowest BCUT2D eigenvalue weighted by atomic mass is 10.1. The van der Waals surface area contributed by atoms with Crippen molar-refractivity contribution >= 4 is 11.7 Å². The summed E-state index contributed by atoms with van der Waals surface area (Å²) in [6, 6.07) is 0.870. The van der Waals surface area contributed by atoms with Crippen molar-refractivity contribution in [2.24, 2.45) is 0 Å². The standard InChI is InChI=1S/C9H8F2N2O4/c1-4-3-5(8(10)11)7(13(15)16)6(12-4)9(14)17-2/h3,8H,1-2H3. The Kier molecular flexibility index (Phi) is 3.66. The van der Waals surface area contributed by atoms with Crippen LogP contribution in [0.25, 0.3) is 0 Å². The predicted molar refractivity (Wildman–Crippen MR) is 51.9 cm³/mol. The summed E-state index contributed by atoms with van der Waals surface area (Å²) in [6.07, 6.45) is -3.07. The Morgan fingerprint density at radius 2 is 2.18 bits per heavy atom. The SMILES string of the molecule is COC(=O)c1nc(C)cc(C(F)F)c1[N+](=O)[O-]. The van der Waals surface area contributed by atoms with Crippen molar-refractivity contribution < 1.29 is 23.2 Å². The minimum absolute atomic E-state index is 0.0753. The Bertz CT molecular complexity index is 476. The predicted octanol–water partition coefficient (Wildman–Crippen LogP) is 2.02. The minimum atomic E-state index is -3.07. The first-order chi connectivity index (χ1) is 7.88. The minimum Gasteiger partial charge on any atom is -0.464 e. The number of nitrogens with zero attached hydrogens (tertiary/aromatic N) is 2. The van der Waals surface area contributed by atoms with Crippen molar-refractivity contribution in [2.45, 2.75) is 13.3 Å². The average Bonchev–Trinajstić information content (AvgIpc) is 2.26. The van der Waals surface area contributed by atoms with Crippen molar-refractivity contribution in [3.63, 3.8) is 0 Å². The molecule has 0 fully saturated rings. The third-order valence-electron chi connectivity index (χ3n) is 1.95. The molecule has 0 radical (unpaired) electrons. The topological polar surface area (TPSA) is 82.3 Å². The van der Waals surface area contributed by atoms with Gasteiger partial charge in [-0.25, -0.2) is 18.6 Å². The van der Waals surface area contributed by atoms with Crippen LogP contribution in [0, 0.1) is 17.0 Å². The Morgan fingerprint density at radius 3 is 2.59 bits per heavy atom. The van der Waals surface area contributed by atoms with Gasteiger partial charge in [0.25, 0.3) is 6.43 Å². The molecule has 0 aliphatic carbocycles. The van der Waals surface area contributed by atoms with E-state index in [9.17, 15) is 23.7 Å². The molecule has 1 heterocycles. The van der Waals surface area contributed by atoms with Crippen LogP contribution in [0.2, 0.25) is 0 Å². The number of rotatable bonds is 3. The molecule has 0 saturated heterocycles. The maximum atomic E-state index is 12.6. The lowest BCUT2D eigenvalue weighted by Gasteiger charge is -2.06. The summed E-state index contributed by atoms with van der Waals surface area (Å²) in [5.41, 5.74) is -2.50. The molecule has 0 bridgehead atoms. The van der Waals surface area contributed by atoms with Crippen LogP contribution in [0.15, 0.2) is 6.07 Å². The fourth-order valence-electron chi connectivity index (χ4n) is 1.29. The highest BCUT2D eigenvalue weighted by atomic mass is 19.3. The van der Waals surface area contributed by atoms with Gasteiger partial charge < -0.3 is 4.74 Å². The van der Waals surface area contributed by atoms with Gasteiger partial charge >= 0.3 is 11.7 Å². The van der Waals surface area contributed by atoms with Gasteiger partial charge in [-0.1, -0.05) is 0 Å². The number of methoxy groups -OCH3 is 1. The lowest BCUT2D eigenvalue weighted by Crippen LogP contribution is -2.12. The summed E-state index contributed by atoms with van der Waals surface area (Å²) in [4.78, 5) is 24.4. The lowest BCUT2D eigenvalue weighted by molar-refractivity contribution is -0.386. The zero-order valence-electron chi connectivity index (χ0n) is 8.94. The Hall–Kier alpha value is -2.12. The molecule has 6 nitrogen and oxygen atoms in total. The van der Waals surface area contributed by atoms with E-state index in [0.29, 0.717) is 0 Å². The first-order valence-electron chi connectivity index (χ1n) is 4.40. The van der Waals surface area contributed by atoms with Gasteiger partial charge in [0.2, 0.25) is 5.69 Å². The molecule has 0 amide bonds. The Morgan fingerprint density at radius 1 is 1.59 bits per heavy atom. The fraction of sp³-hybridized carbons (Fsp3) is 0.333. The molecular weight excluding hydrogens is 238 g/mol. The number of esters is 1. The number of pyridine rings is 1. The zero-order valence-corrected chi connectivity index (χ0v) is 8.94. The maximum Gasteiger partial charge on any atom is 0.363 e. The number of hydrogen-bond donors (Lipinski definition) is 0. The molecule has 0 aliphatic rings. The van der Waals surface area contributed by atoms with E-state index in [1.54, 1.807) is 0 Å². The quantitative estimate of drug-likeness (QED) is 0.463. The summed E-state index contributed by atoms with van der Waals surface area (Å²) in [7, 11) is 0.984. The van der Waals surface area contributed by atoms with Crippen molar-refractivity contribution in [3.8, 4) is 0 Å². The Labute approximate surface area is 94.4 Å². The molecule has 92 valence electrons. The van der Waals surface area contributed by atoms with Crippen LogP contribution in [0.3, 0.4) is 0 Å². The Balaban J connectivity index is 3.57. The average molecular weight is 246 g/mol. The summed E-state index contributed by atoms with van der Waals surface area (Å²) in [6.45, 7) is 1.35. The zero-order chi connectivity index (χ0) is 13.2. The number of carbonyl (C=O) groups excluding carboxylic acids is 1. The molecule has 1 aromatic heterocycles. The molecule has 0 aliphatic heterocycles. The van der Waals surface area contributed by atoms with Crippen LogP contribution in [0.4, 0.5) is 14.5 Å². The second-order valence-corrected chi connectivity index (χ2v) is 3.10. The van der Waals surface area contributed by atoms with E-state index < -0.39 is 34.3 Å². The van der Waals surface area contributed by atoms with E-state index in [1.807, 2.05) is 0 Å². The van der Waals surface area contributed by atoms with Gasteiger partial charge in [-0.05, 0) is 13.0 Å². The molecular formula is C9H8F2N2O4. The van der Waals surface area contributed by atoms with E-state index in [4.69, 9.17) is 0 Å². The van der Waals surface area contributed by atoms with Gasteiger partial charge in [0.1, 0.15) is 0 Å². The summed E-state index contributed by atoms with van der Waals surface area (Å²) >= 11 is 0. The van der Waals surface area contributed by atoms with Gasteiger partial charge in [-0.2, -0.15) is 0 Å². The van der Waals surface area contributed by atoms with Crippen molar-refractivity contribution in [1.82, 2.24) is 4.98 Å². The largest absolute Gasteiger partial charge is 0.464 e. The van der Waals surface area contributed by atoms with Crippen LogP contribution in [0.5, 0.6) is 0 Å². The summed E-state index contributed by atoms with van der Waals surface area (Å²) < 4.78 is 29.5. The second kappa shape index (κ2) is 4.81. The molecule has 0 unspecified atom stereocenters. The molecule has 0 N–H and O–H groups in total. The van der Waals surface area contributed by atoms with Gasteiger partial charge in [0, 0.05) is 5.69 Å². The fourth-order valence-corrected chi connectivity index (χ4v) is 1.29. The number of alkyl halides is 2. The summed E-state index contributed by atoms with van der Waals surface area (Å²) in [5, 5.41) is 10.7. The first kappa shape index (κ1) is 12.9. The highest BCUT2D eigenvalue weighted by molar-refractivity contribution is 5.92. The van der Waals surface area contributed by atoms with Crippen molar-refractivity contribution in [2.75, 3.05) is 7.11 Å². The van der Waals surface area contributed by atoms with Crippen LogP contribution in [-0.2, 0) is 4.74 Å².